The van der Waals surface area contributed by atoms with Gasteiger partial charge >= 0.3 is 0 Å². The molecular formula is C14H13ClN4O. The molecule has 0 saturated carbocycles. The van der Waals surface area contributed by atoms with E-state index in [-0.39, 0.29) is 0 Å². The van der Waals surface area contributed by atoms with Crippen LogP contribution in [-0.4, -0.2) is 15.2 Å². The molecule has 0 aliphatic carbocycles. The Morgan fingerprint density at radius 3 is 2.95 bits per heavy atom. The van der Waals surface area contributed by atoms with E-state index in [1.165, 1.54) is 0 Å². The van der Waals surface area contributed by atoms with Crippen LogP contribution < -0.4 is 5.32 Å². The predicted octanol–water partition coefficient (Wildman–Crippen LogP) is 3.64. The fourth-order valence-electron chi connectivity index (χ4n) is 1.92. The number of pyridine rings is 1. The molecular weight excluding hydrogens is 276 g/mol. The Hall–Kier alpha value is -2.27. The van der Waals surface area contributed by atoms with E-state index in [2.05, 4.69) is 20.5 Å². The van der Waals surface area contributed by atoms with Gasteiger partial charge in [-0.2, -0.15) is 5.10 Å². The molecule has 0 unspecified atom stereocenters. The van der Waals surface area contributed by atoms with Crippen LogP contribution in [-0.2, 0) is 6.54 Å². The number of nitrogens with one attached hydrogen (secondary N) is 2. The summed E-state index contributed by atoms with van der Waals surface area (Å²) in [6, 6.07) is 9.30. The minimum absolute atomic E-state index is 0.462. The second kappa shape index (κ2) is 5.38. The third kappa shape index (κ3) is 2.67. The SMILES string of the molecule is Cc1ccc(-c2[nH]ncc2CNc2cccc(Cl)n2)o1. The molecule has 0 aliphatic rings. The van der Waals surface area contributed by atoms with Crippen molar-refractivity contribution in [3.63, 3.8) is 0 Å². The highest BCUT2D eigenvalue weighted by molar-refractivity contribution is 6.29. The van der Waals surface area contributed by atoms with Gasteiger partial charge < -0.3 is 9.73 Å². The fraction of sp³-hybridized carbons (Fsp3) is 0.143. The molecule has 3 aromatic rings. The van der Waals surface area contributed by atoms with Crippen LogP contribution in [0.3, 0.4) is 0 Å². The number of halogens is 1. The summed E-state index contributed by atoms with van der Waals surface area (Å²) < 4.78 is 5.60. The van der Waals surface area contributed by atoms with Crippen molar-refractivity contribution in [2.75, 3.05) is 5.32 Å². The van der Waals surface area contributed by atoms with Crippen molar-refractivity contribution in [1.82, 2.24) is 15.2 Å². The number of hydrogen-bond donors (Lipinski definition) is 2. The van der Waals surface area contributed by atoms with Gasteiger partial charge in [0.15, 0.2) is 5.76 Å². The summed E-state index contributed by atoms with van der Waals surface area (Å²) in [6.07, 6.45) is 1.77. The Morgan fingerprint density at radius 2 is 2.20 bits per heavy atom. The Morgan fingerprint density at radius 1 is 1.30 bits per heavy atom. The molecule has 0 spiro atoms. The van der Waals surface area contributed by atoms with Crippen LogP contribution in [0.5, 0.6) is 0 Å². The van der Waals surface area contributed by atoms with E-state index in [0.717, 1.165) is 28.6 Å². The first kappa shape index (κ1) is 12.7. The molecule has 5 nitrogen and oxygen atoms in total. The first-order chi connectivity index (χ1) is 9.72. The average Bonchev–Trinajstić information content (AvgIpc) is 3.04. The third-order valence-corrected chi connectivity index (χ3v) is 3.09. The zero-order chi connectivity index (χ0) is 13.9. The van der Waals surface area contributed by atoms with Crippen LogP contribution in [0.4, 0.5) is 5.82 Å². The number of nitrogens with zero attached hydrogens (tertiary/aromatic N) is 2. The number of furan rings is 1. The smallest absolute Gasteiger partial charge is 0.152 e. The molecule has 20 heavy (non-hydrogen) atoms. The number of aryl methyl sites for hydroxylation is 1. The van der Waals surface area contributed by atoms with Gasteiger partial charge in [-0.1, -0.05) is 17.7 Å². The molecule has 2 N–H and O–H groups in total. The molecule has 0 atom stereocenters. The largest absolute Gasteiger partial charge is 0.460 e. The molecule has 102 valence electrons. The number of hydrogen-bond acceptors (Lipinski definition) is 4. The van der Waals surface area contributed by atoms with Crippen molar-refractivity contribution >= 4 is 17.4 Å². The van der Waals surface area contributed by atoms with Gasteiger partial charge in [0.25, 0.3) is 0 Å². The predicted molar refractivity (Wildman–Crippen MR) is 77.6 cm³/mol. The summed E-state index contributed by atoms with van der Waals surface area (Å²) in [5, 5.41) is 10.7. The number of aromatic amines is 1. The zero-order valence-electron chi connectivity index (χ0n) is 10.9. The Kier molecular flexibility index (Phi) is 3.43. The molecule has 6 heteroatoms. The summed E-state index contributed by atoms with van der Waals surface area (Å²) in [5.41, 5.74) is 1.87. The van der Waals surface area contributed by atoms with Crippen molar-refractivity contribution in [2.24, 2.45) is 0 Å². The van der Waals surface area contributed by atoms with Gasteiger partial charge in [-0.15, -0.1) is 0 Å². The highest BCUT2D eigenvalue weighted by atomic mass is 35.5. The van der Waals surface area contributed by atoms with Gasteiger partial charge in [0.1, 0.15) is 22.4 Å². The first-order valence-electron chi connectivity index (χ1n) is 6.18. The summed E-state index contributed by atoms with van der Waals surface area (Å²) in [4.78, 5) is 4.18. The van der Waals surface area contributed by atoms with E-state index in [4.69, 9.17) is 16.0 Å². The normalized spacial score (nSPS) is 10.7. The second-order valence-electron chi connectivity index (χ2n) is 4.38. The standard InChI is InChI=1S/C14H13ClN4O/c1-9-5-6-11(20-9)14-10(8-17-19-14)7-16-13-4-2-3-12(15)18-13/h2-6,8H,7H2,1H3,(H,16,18)(H,17,19). The van der Waals surface area contributed by atoms with Crippen molar-refractivity contribution in [3.05, 3.63) is 53.0 Å². The lowest BCUT2D eigenvalue weighted by Crippen LogP contribution is -2.01. The maximum Gasteiger partial charge on any atom is 0.152 e. The van der Waals surface area contributed by atoms with Crippen LogP contribution in [0.2, 0.25) is 5.15 Å². The van der Waals surface area contributed by atoms with Gasteiger partial charge in [-0.25, -0.2) is 4.98 Å². The van der Waals surface area contributed by atoms with E-state index in [1.54, 1.807) is 12.3 Å². The van der Waals surface area contributed by atoms with E-state index < -0.39 is 0 Å². The molecule has 0 radical (unpaired) electrons. The number of aromatic nitrogens is 3. The van der Waals surface area contributed by atoms with E-state index >= 15 is 0 Å². The minimum Gasteiger partial charge on any atom is -0.460 e. The summed E-state index contributed by atoms with van der Waals surface area (Å²) in [7, 11) is 0. The average molecular weight is 289 g/mol. The molecule has 3 rings (SSSR count). The molecule has 0 bridgehead atoms. The van der Waals surface area contributed by atoms with Crippen molar-refractivity contribution in [1.29, 1.82) is 0 Å². The Bertz CT molecular complexity index is 719. The van der Waals surface area contributed by atoms with Crippen molar-refractivity contribution in [2.45, 2.75) is 13.5 Å². The van der Waals surface area contributed by atoms with Gasteiger partial charge in [-0.3, -0.25) is 5.10 Å². The van der Waals surface area contributed by atoms with Gasteiger partial charge in [0.2, 0.25) is 0 Å². The number of rotatable bonds is 4. The van der Waals surface area contributed by atoms with Crippen molar-refractivity contribution < 1.29 is 4.42 Å². The molecule has 0 aliphatic heterocycles. The van der Waals surface area contributed by atoms with Gasteiger partial charge in [0, 0.05) is 12.1 Å². The van der Waals surface area contributed by atoms with Gasteiger partial charge in [-0.05, 0) is 31.2 Å². The molecule has 0 fully saturated rings. The van der Waals surface area contributed by atoms with Crippen LogP contribution in [0.25, 0.3) is 11.5 Å². The molecule has 3 heterocycles. The monoisotopic (exact) mass is 288 g/mol. The maximum absolute atomic E-state index is 5.85. The first-order valence-corrected chi connectivity index (χ1v) is 6.55. The second-order valence-corrected chi connectivity index (χ2v) is 4.77. The fourth-order valence-corrected chi connectivity index (χ4v) is 2.08. The van der Waals surface area contributed by atoms with Crippen LogP contribution in [0, 0.1) is 6.92 Å². The highest BCUT2D eigenvalue weighted by Gasteiger charge is 2.11. The summed E-state index contributed by atoms with van der Waals surface area (Å²) >= 11 is 5.85. The van der Waals surface area contributed by atoms with Crippen LogP contribution in [0.15, 0.2) is 40.9 Å². The minimum atomic E-state index is 0.462. The lowest BCUT2D eigenvalue weighted by molar-refractivity contribution is 0.545. The Labute approximate surface area is 121 Å². The Balaban J connectivity index is 1.77. The maximum atomic E-state index is 5.85. The van der Waals surface area contributed by atoms with E-state index in [0.29, 0.717) is 11.7 Å². The topological polar surface area (TPSA) is 66.7 Å². The third-order valence-electron chi connectivity index (χ3n) is 2.88. The zero-order valence-corrected chi connectivity index (χ0v) is 11.6. The van der Waals surface area contributed by atoms with Gasteiger partial charge in [0.05, 0.1) is 6.20 Å². The molecule has 0 saturated heterocycles. The van der Waals surface area contributed by atoms with E-state index in [1.807, 2.05) is 31.2 Å². The van der Waals surface area contributed by atoms with Crippen molar-refractivity contribution in [3.8, 4) is 11.5 Å². The molecule has 0 amide bonds. The summed E-state index contributed by atoms with van der Waals surface area (Å²) in [5.74, 6) is 2.36. The molecule has 0 aromatic carbocycles. The summed E-state index contributed by atoms with van der Waals surface area (Å²) in [6.45, 7) is 2.49. The lowest BCUT2D eigenvalue weighted by atomic mass is 10.2. The highest BCUT2D eigenvalue weighted by Crippen LogP contribution is 2.24. The van der Waals surface area contributed by atoms with E-state index in [9.17, 15) is 0 Å². The van der Waals surface area contributed by atoms with Crippen LogP contribution >= 0.6 is 11.6 Å². The molecule has 3 aromatic heterocycles. The number of anilines is 1. The quantitative estimate of drug-likeness (QED) is 0.719. The van der Waals surface area contributed by atoms with Crippen LogP contribution in [0.1, 0.15) is 11.3 Å². The number of H-pyrrole nitrogens is 1. The lowest BCUT2D eigenvalue weighted by Gasteiger charge is -2.05.